The molecule has 1 fully saturated rings. The first-order valence-electron chi connectivity index (χ1n) is 10.7. The van der Waals surface area contributed by atoms with Gasteiger partial charge in [-0.1, -0.05) is 11.8 Å². The van der Waals surface area contributed by atoms with E-state index in [0.29, 0.717) is 37.0 Å². The van der Waals surface area contributed by atoms with Crippen molar-refractivity contribution in [2.24, 2.45) is 0 Å². The Labute approximate surface area is 184 Å². The molecule has 2 atom stereocenters. The van der Waals surface area contributed by atoms with Gasteiger partial charge in [0.15, 0.2) is 5.16 Å². The smallest absolute Gasteiger partial charge is 0.257 e. The lowest BCUT2D eigenvalue weighted by atomic mass is 10.1. The van der Waals surface area contributed by atoms with Crippen molar-refractivity contribution in [2.45, 2.75) is 55.8 Å². The van der Waals surface area contributed by atoms with Crippen LogP contribution in [-0.2, 0) is 17.6 Å². The van der Waals surface area contributed by atoms with Gasteiger partial charge in [-0.3, -0.25) is 14.2 Å². The third-order valence-corrected chi connectivity index (χ3v) is 7.22. The first-order chi connectivity index (χ1) is 15.1. The Morgan fingerprint density at radius 3 is 2.87 bits per heavy atom. The molecule has 164 valence electrons. The van der Waals surface area contributed by atoms with E-state index < -0.39 is 0 Å². The fourth-order valence-electron chi connectivity index (χ4n) is 4.54. The lowest BCUT2D eigenvalue weighted by Crippen LogP contribution is -2.45. The molecule has 9 nitrogen and oxygen atoms in total. The Kier molecular flexibility index (Phi) is 5.56. The molecule has 0 aromatic carbocycles. The van der Waals surface area contributed by atoms with Crippen molar-refractivity contribution < 1.29 is 14.3 Å². The summed E-state index contributed by atoms with van der Waals surface area (Å²) in [6.07, 6.45) is 4.58. The van der Waals surface area contributed by atoms with Crippen molar-refractivity contribution >= 4 is 17.7 Å². The van der Waals surface area contributed by atoms with Gasteiger partial charge < -0.3 is 14.4 Å². The maximum atomic E-state index is 13.1. The molecule has 2 aliphatic heterocycles. The molecule has 1 aliphatic carbocycles. The van der Waals surface area contributed by atoms with Crippen LogP contribution in [0.4, 0.5) is 0 Å². The summed E-state index contributed by atoms with van der Waals surface area (Å²) in [5.41, 5.74) is 1.85. The van der Waals surface area contributed by atoms with E-state index >= 15 is 0 Å². The van der Waals surface area contributed by atoms with Crippen molar-refractivity contribution in [1.82, 2.24) is 24.6 Å². The van der Waals surface area contributed by atoms with Crippen LogP contribution in [0.3, 0.4) is 0 Å². The van der Waals surface area contributed by atoms with E-state index in [9.17, 15) is 9.59 Å². The molecule has 2 aromatic heterocycles. The van der Waals surface area contributed by atoms with E-state index in [1.165, 1.54) is 7.11 Å². The van der Waals surface area contributed by atoms with E-state index in [2.05, 4.69) is 10.2 Å². The van der Waals surface area contributed by atoms with Crippen molar-refractivity contribution in [2.75, 3.05) is 26.0 Å². The number of hydrogen-bond acceptors (Lipinski definition) is 8. The van der Waals surface area contributed by atoms with E-state index in [0.717, 1.165) is 48.5 Å². The lowest BCUT2D eigenvalue weighted by molar-refractivity contribution is -0.134. The zero-order valence-corrected chi connectivity index (χ0v) is 18.3. The summed E-state index contributed by atoms with van der Waals surface area (Å²) < 4.78 is 12.7. The maximum Gasteiger partial charge on any atom is 0.257 e. The van der Waals surface area contributed by atoms with Gasteiger partial charge >= 0.3 is 0 Å². The highest BCUT2D eigenvalue weighted by molar-refractivity contribution is 7.99. The summed E-state index contributed by atoms with van der Waals surface area (Å²) in [4.78, 5) is 32.6. The predicted molar refractivity (Wildman–Crippen MR) is 114 cm³/mol. The summed E-state index contributed by atoms with van der Waals surface area (Å²) >= 11 is 1.58. The Hall–Kier alpha value is -2.62. The average molecular weight is 444 g/mol. The third-order valence-electron chi connectivity index (χ3n) is 6.13. The number of nitrogens with zero attached hydrogens (tertiary/aromatic N) is 5. The fourth-order valence-corrected chi connectivity index (χ4v) is 5.70. The number of ether oxygens (including phenoxy) is 2. The van der Waals surface area contributed by atoms with Crippen LogP contribution in [0.15, 0.2) is 22.1 Å². The molecule has 0 N–H and O–H groups in total. The molecule has 31 heavy (non-hydrogen) atoms. The van der Waals surface area contributed by atoms with Crippen LogP contribution in [0.1, 0.15) is 43.0 Å². The largest absolute Gasteiger partial charge is 0.480 e. The normalized spacial score (nSPS) is 22.2. The number of piperidine rings is 1. The minimum atomic E-state index is -0.132. The summed E-state index contributed by atoms with van der Waals surface area (Å²) in [7, 11) is 1.54. The molecule has 2 unspecified atom stereocenters. The van der Waals surface area contributed by atoms with Crippen LogP contribution in [-0.4, -0.2) is 62.6 Å². The van der Waals surface area contributed by atoms with E-state index in [1.807, 2.05) is 4.90 Å². The highest BCUT2D eigenvalue weighted by atomic mass is 32.2. The summed E-state index contributed by atoms with van der Waals surface area (Å²) in [6.45, 7) is 1.22. The van der Waals surface area contributed by atoms with Gasteiger partial charge in [0.25, 0.3) is 5.56 Å². The van der Waals surface area contributed by atoms with Crippen LogP contribution in [0.2, 0.25) is 0 Å². The van der Waals surface area contributed by atoms with Crippen LogP contribution >= 0.6 is 11.8 Å². The van der Waals surface area contributed by atoms with Gasteiger partial charge in [-0.05, 0) is 32.1 Å². The monoisotopic (exact) mass is 443 g/mol. The number of thioether (sulfide) groups is 1. The Balaban J connectivity index is 1.24. The Morgan fingerprint density at radius 2 is 2.06 bits per heavy atom. The SMILES string of the molecule is COc1ccc(OC2CCCN(C(=O)CC3CSc4nc5c(c(=O)n43)CCC5)C2)nn1. The minimum absolute atomic E-state index is 0.0539. The summed E-state index contributed by atoms with van der Waals surface area (Å²) in [5, 5.41) is 8.70. The number of aromatic nitrogens is 4. The van der Waals surface area contributed by atoms with Gasteiger partial charge in [0, 0.05) is 36.4 Å². The van der Waals surface area contributed by atoms with E-state index in [1.54, 1.807) is 28.5 Å². The highest BCUT2D eigenvalue weighted by Crippen LogP contribution is 2.34. The van der Waals surface area contributed by atoms with Crippen LogP contribution in [0.25, 0.3) is 0 Å². The van der Waals surface area contributed by atoms with Crippen LogP contribution in [0.5, 0.6) is 11.8 Å². The van der Waals surface area contributed by atoms with Crippen molar-refractivity contribution in [1.29, 1.82) is 0 Å². The molecule has 10 heteroatoms. The van der Waals surface area contributed by atoms with Gasteiger partial charge in [-0.15, -0.1) is 10.2 Å². The molecular formula is C21H25N5O4S. The van der Waals surface area contributed by atoms with Crippen LogP contribution in [0, 0.1) is 0 Å². The fraction of sp³-hybridized carbons (Fsp3) is 0.571. The Bertz CT molecular complexity index is 1040. The zero-order valence-electron chi connectivity index (χ0n) is 17.5. The number of methoxy groups -OCH3 is 1. The molecule has 5 rings (SSSR count). The first kappa shape index (κ1) is 20.3. The topological polar surface area (TPSA) is 99.4 Å². The van der Waals surface area contributed by atoms with Gasteiger partial charge in [0.1, 0.15) is 6.10 Å². The molecule has 0 radical (unpaired) electrons. The number of carbonyl (C=O) groups is 1. The number of hydrogen-bond donors (Lipinski definition) is 0. The first-order valence-corrected chi connectivity index (χ1v) is 11.7. The highest BCUT2D eigenvalue weighted by Gasteiger charge is 2.33. The summed E-state index contributed by atoms with van der Waals surface area (Å²) in [5.74, 6) is 1.62. The van der Waals surface area contributed by atoms with Gasteiger partial charge in [-0.2, -0.15) is 0 Å². The molecule has 2 aromatic rings. The quantitative estimate of drug-likeness (QED) is 0.643. The third kappa shape index (κ3) is 4.00. The molecule has 4 heterocycles. The van der Waals surface area contributed by atoms with Gasteiger partial charge in [-0.25, -0.2) is 4.98 Å². The summed E-state index contributed by atoms with van der Waals surface area (Å²) in [6, 6.07) is 3.29. The van der Waals surface area contributed by atoms with Crippen molar-refractivity contribution in [3.63, 3.8) is 0 Å². The van der Waals surface area contributed by atoms with Crippen molar-refractivity contribution in [3.05, 3.63) is 33.7 Å². The minimum Gasteiger partial charge on any atom is -0.480 e. The molecule has 1 amide bonds. The number of aryl methyl sites for hydroxylation is 1. The molecular weight excluding hydrogens is 418 g/mol. The number of likely N-dealkylation sites (tertiary alicyclic amines) is 1. The standard InChI is InChI=1S/C21H25N5O4S/c1-29-17-7-8-18(24-23-17)30-14-4-3-9-25(11-14)19(27)10-13-12-31-21-22-16-6-2-5-15(16)20(28)26(13)21/h7-8,13-14H,2-6,9-12H2,1H3. The van der Waals surface area contributed by atoms with Gasteiger partial charge in [0.05, 0.1) is 25.4 Å². The second kappa shape index (κ2) is 8.49. The van der Waals surface area contributed by atoms with E-state index in [-0.39, 0.29) is 23.6 Å². The second-order valence-electron chi connectivity index (χ2n) is 8.15. The molecule has 0 spiro atoms. The number of rotatable bonds is 5. The predicted octanol–water partition coefficient (Wildman–Crippen LogP) is 1.64. The second-order valence-corrected chi connectivity index (χ2v) is 9.14. The number of amides is 1. The molecule has 3 aliphatic rings. The molecule has 1 saturated heterocycles. The molecule has 0 bridgehead atoms. The average Bonchev–Trinajstić information content (AvgIpc) is 3.42. The maximum absolute atomic E-state index is 13.1. The lowest BCUT2D eigenvalue weighted by Gasteiger charge is -2.33. The number of carbonyl (C=O) groups excluding carboxylic acids is 1. The zero-order chi connectivity index (χ0) is 21.4. The van der Waals surface area contributed by atoms with E-state index in [4.69, 9.17) is 14.5 Å². The Morgan fingerprint density at radius 1 is 1.23 bits per heavy atom. The molecule has 0 saturated carbocycles. The van der Waals surface area contributed by atoms with Gasteiger partial charge in [0.2, 0.25) is 17.7 Å². The van der Waals surface area contributed by atoms with Crippen molar-refractivity contribution in [3.8, 4) is 11.8 Å². The van der Waals surface area contributed by atoms with Crippen LogP contribution < -0.4 is 15.0 Å². The number of fused-ring (bicyclic) bond motifs is 2.